The van der Waals surface area contributed by atoms with Crippen LogP contribution in [0.5, 0.6) is 5.75 Å². The lowest BCUT2D eigenvalue weighted by molar-refractivity contribution is -0.384. The lowest BCUT2D eigenvalue weighted by Crippen LogP contribution is -1.99. The number of tetrazole rings is 1. The van der Waals surface area contributed by atoms with Crippen molar-refractivity contribution < 1.29 is 10.0 Å². The highest BCUT2D eigenvalue weighted by Crippen LogP contribution is 2.35. The second-order valence-electron chi connectivity index (χ2n) is 3.24. The van der Waals surface area contributed by atoms with Gasteiger partial charge < -0.3 is 5.11 Å². The van der Waals surface area contributed by atoms with E-state index >= 15 is 0 Å². The van der Waals surface area contributed by atoms with E-state index in [1.54, 1.807) is 6.07 Å². The van der Waals surface area contributed by atoms with Gasteiger partial charge in [0.15, 0.2) is 5.65 Å². The van der Waals surface area contributed by atoms with Crippen molar-refractivity contribution in [2.75, 3.05) is 0 Å². The van der Waals surface area contributed by atoms with Crippen molar-refractivity contribution in [2.24, 2.45) is 0 Å². The third-order valence-electron chi connectivity index (χ3n) is 2.33. The number of hydrogen-bond donors (Lipinski definition) is 1. The van der Waals surface area contributed by atoms with Crippen LogP contribution in [-0.2, 0) is 0 Å². The molecule has 9 heteroatoms. The van der Waals surface area contributed by atoms with Gasteiger partial charge in [-0.05, 0) is 22.6 Å². The molecule has 9 nitrogen and oxygen atoms in total. The van der Waals surface area contributed by atoms with Crippen LogP contribution in [0.1, 0.15) is 0 Å². The van der Waals surface area contributed by atoms with Crippen LogP contribution >= 0.6 is 0 Å². The van der Waals surface area contributed by atoms with Crippen molar-refractivity contribution in [3.63, 3.8) is 0 Å². The van der Waals surface area contributed by atoms with E-state index in [2.05, 4.69) is 20.5 Å². The third kappa shape index (κ3) is 1.13. The first-order valence-corrected chi connectivity index (χ1v) is 4.52. The van der Waals surface area contributed by atoms with Gasteiger partial charge in [0.2, 0.25) is 5.75 Å². The van der Waals surface area contributed by atoms with Crippen LogP contribution in [0, 0.1) is 10.1 Å². The second-order valence-corrected chi connectivity index (χ2v) is 3.24. The Hall–Kier alpha value is -2.84. The molecule has 3 aromatic heterocycles. The molecule has 3 rings (SSSR count). The minimum absolute atomic E-state index is 0.140. The molecule has 84 valence electrons. The summed E-state index contributed by atoms with van der Waals surface area (Å²) in [5, 5.41) is 31.4. The van der Waals surface area contributed by atoms with Gasteiger partial charge in [-0.15, -0.1) is 5.10 Å². The van der Waals surface area contributed by atoms with Crippen molar-refractivity contribution >= 4 is 22.4 Å². The maximum Gasteiger partial charge on any atom is 0.357 e. The molecule has 0 aliphatic rings. The molecule has 0 bridgehead atoms. The van der Waals surface area contributed by atoms with E-state index in [-0.39, 0.29) is 16.7 Å². The summed E-state index contributed by atoms with van der Waals surface area (Å²) in [6.07, 6.45) is 1.48. The first-order chi connectivity index (χ1) is 8.20. The molecule has 0 saturated carbocycles. The first-order valence-electron chi connectivity index (χ1n) is 4.52. The Morgan fingerprint density at radius 3 is 3.00 bits per heavy atom. The zero-order valence-electron chi connectivity index (χ0n) is 8.18. The number of aromatic nitrogens is 5. The van der Waals surface area contributed by atoms with E-state index in [9.17, 15) is 15.2 Å². The Labute approximate surface area is 92.5 Å². The molecule has 0 fully saturated rings. The average Bonchev–Trinajstić information content (AvgIpc) is 2.78. The fourth-order valence-corrected chi connectivity index (χ4v) is 1.63. The second kappa shape index (κ2) is 3.07. The number of rotatable bonds is 1. The molecule has 1 N–H and O–H groups in total. The molecule has 0 spiro atoms. The van der Waals surface area contributed by atoms with E-state index in [1.807, 2.05) is 0 Å². The molecule has 3 aromatic rings. The van der Waals surface area contributed by atoms with Crippen molar-refractivity contribution in [2.45, 2.75) is 0 Å². The number of hydrogen-bond acceptors (Lipinski definition) is 7. The van der Waals surface area contributed by atoms with Gasteiger partial charge in [0.25, 0.3) is 5.65 Å². The Bertz CT molecular complexity index is 751. The van der Waals surface area contributed by atoms with Gasteiger partial charge in [-0.2, -0.15) is 4.52 Å². The van der Waals surface area contributed by atoms with Crippen LogP contribution in [0.3, 0.4) is 0 Å². The predicted octanol–water partition coefficient (Wildman–Crippen LogP) is 0.286. The Balaban J connectivity index is 2.65. The van der Waals surface area contributed by atoms with Crippen molar-refractivity contribution in [3.05, 3.63) is 28.4 Å². The van der Waals surface area contributed by atoms with Gasteiger partial charge in [-0.3, -0.25) is 10.1 Å². The van der Waals surface area contributed by atoms with Gasteiger partial charge in [0, 0.05) is 6.20 Å². The van der Waals surface area contributed by atoms with Crippen LogP contribution in [0.15, 0.2) is 18.3 Å². The minimum atomic E-state index is -0.729. The SMILES string of the molecule is O=[N+]([O-])c1c(O)c2cccnc2n2nnnc12. The molecule has 0 saturated heterocycles. The monoisotopic (exact) mass is 232 g/mol. The van der Waals surface area contributed by atoms with Crippen molar-refractivity contribution in [3.8, 4) is 5.75 Å². The molecular weight excluding hydrogens is 228 g/mol. The van der Waals surface area contributed by atoms with E-state index in [4.69, 9.17) is 0 Å². The fraction of sp³-hybridized carbons (Fsp3) is 0. The maximum atomic E-state index is 10.9. The highest BCUT2D eigenvalue weighted by Gasteiger charge is 2.26. The predicted molar refractivity (Wildman–Crippen MR) is 54.4 cm³/mol. The number of pyridine rings is 2. The molecule has 0 aliphatic carbocycles. The average molecular weight is 232 g/mol. The van der Waals surface area contributed by atoms with E-state index < -0.39 is 16.4 Å². The lowest BCUT2D eigenvalue weighted by atomic mass is 10.2. The summed E-state index contributed by atoms with van der Waals surface area (Å²) in [5.74, 6) is -0.486. The number of fused-ring (bicyclic) bond motifs is 3. The highest BCUT2D eigenvalue weighted by atomic mass is 16.6. The van der Waals surface area contributed by atoms with Crippen molar-refractivity contribution in [1.82, 2.24) is 25.0 Å². The third-order valence-corrected chi connectivity index (χ3v) is 2.33. The van der Waals surface area contributed by atoms with E-state index in [0.29, 0.717) is 0 Å². The summed E-state index contributed by atoms with van der Waals surface area (Å²) in [6.45, 7) is 0. The first kappa shape index (κ1) is 9.39. The molecule has 0 amide bonds. The van der Waals surface area contributed by atoms with Crippen LogP contribution in [-0.4, -0.2) is 35.1 Å². The van der Waals surface area contributed by atoms with Gasteiger partial charge in [0.1, 0.15) is 0 Å². The molecular formula is C8H4N6O3. The normalized spacial score (nSPS) is 11.1. The lowest BCUT2D eigenvalue weighted by Gasteiger charge is -2.02. The Morgan fingerprint density at radius 2 is 2.24 bits per heavy atom. The quantitative estimate of drug-likeness (QED) is 0.472. The topological polar surface area (TPSA) is 119 Å². The summed E-state index contributed by atoms with van der Waals surface area (Å²) in [5.41, 5.74) is -0.412. The summed E-state index contributed by atoms with van der Waals surface area (Å²) in [4.78, 5) is 14.1. The van der Waals surface area contributed by atoms with E-state index in [0.717, 1.165) is 4.52 Å². The largest absolute Gasteiger partial charge is 0.501 e. The number of aromatic hydroxyl groups is 1. The Morgan fingerprint density at radius 1 is 1.41 bits per heavy atom. The molecule has 0 aliphatic heterocycles. The maximum absolute atomic E-state index is 10.9. The molecule has 3 heterocycles. The molecule has 0 aromatic carbocycles. The molecule has 0 unspecified atom stereocenters. The smallest absolute Gasteiger partial charge is 0.357 e. The van der Waals surface area contributed by atoms with Crippen LogP contribution in [0.2, 0.25) is 0 Å². The molecule has 0 atom stereocenters. The fourth-order valence-electron chi connectivity index (χ4n) is 1.63. The van der Waals surface area contributed by atoms with Crippen LogP contribution in [0.25, 0.3) is 16.7 Å². The van der Waals surface area contributed by atoms with Gasteiger partial charge >= 0.3 is 5.69 Å². The van der Waals surface area contributed by atoms with E-state index in [1.165, 1.54) is 12.3 Å². The summed E-state index contributed by atoms with van der Waals surface area (Å²) < 4.78 is 1.12. The highest BCUT2D eigenvalue weighted by molar-refractivity contribution is 5.91. The number of nitrogens with zero attached hydrogens (tertiary/aromatic N) is 6. The molecule has 17 heavy (non-hydrogen) atoms. The zero-order valence-corrected chi connectivity index (χ0v) is 8.18. The summed E-state index contributed by atoms with van der Waals surface area (Å²) in [7, 11) is 0. The van der Waals surface area contributed by atoms with Gasteiger partial charge in [0.05, 0.1) is 10.3 Å². The number of nitro groups is 1. The Kier molecular flexibility index (Phi) is 1.70. The van der Waals surface area contributed by atoms with Gasteiger partial charge in [-0.1, -0.05) is 0 Å². The van der Waals surface area contributed by atoms with Crippen LogP contribution < -0.4 is 0 Å². The van der Waals surface area contributed by atoms with Gasteiger partial charge in [-0.25, -0.2) is 4.98 Å². The minimum Gasteiger partial charge on any atom is -0.501 e. The summed E-state index contributed by atoms with van der Waals surface area (Å²) in [6, 6.07) is 3.06. The van der Waals surface area contributed by atoms with Crippen LogP contribution in [0.4, 0.5) is 5.69 Å². The van der Waals surface area contributed by atoms with Crippen molar-refractivity contribution in [1.29, 1.82) is 0 Å². The standard InChI is InChI=1S/C8H4N6O3/c15-6-4-2-1-3-9-7(4)13-8(10-11-12-13)5(6)14(16)17/h1-3,15H. The molecule has 0 radical (unpaired) electrons. The summed E-state index contributed by atoms with van der Waals surface area (Å²) >= 11 is 0. The zero-order chi connectivity index (χ0) is 12.0.